The number of fused-ring (bicyclic) bond motifs is 1. The summed E-state index contributed by atoms with van der Waals surface area (Å²) in [6.45, 7) is 3.65. The largest absolute Gasteiger partial charge is 0.457 e. The molecule has 2 aromatic rings. The van der Waals surface area contributed by atoms with Crippen LogP contribution >= 0.6 is 0 Å². The highest BCUT2D eigenvalue weighted by atomic mass is 16.5. The van der Waals surface area contributed by atoms with E-state index in [1.54, 1.807) is 6.07 Å². The molecule has 0 heterocycles. The van der Waals surface area contributed by atoms with Gasteiger partial charge in [0.25, 0.3) is 0 Å². The maximum absolute atomic E-state index is 12.3. The van der Waals surface area contributed by atoms with E-state index in [-0.39, 0.29) is 24.3 Å². The zero-order valence-electron chi connectivity index (χ0n) is 12.5. The van der Waals surface area contributed by atoms with Gasteiger partial charge in [-0.3, -0.25) is 9.59 Å². The molecule has 0 saturated heterocycles. The van der Waals surface area contributed by atoms with Gasteiger partial charge in [0.05, 0.1) is 5.92 Å². The predicted molar refractivity (Wildman–Crippen MR) is 83.3 cm³/mol. The van der Waals surface area contributed by atoms with Gasteiger partial charge in [0, 0.05) is 5.56 Å². The highest BCUT2D eigenvalue weighted by Gasteiger charge is 2.16. The number of carbonyl (C=O) groups excluding carboxylic acids is 2. The molecule has 110 valence electrons. The molecule has 0 fully saturated rings. The number of esters is 1. The molecular formula is C18H20O3. The molecule has 2 aromatic carbocycles. The molecule has 3 heteroatoms. The number of ether oxygens (including phenoxy) is 1. The molecule has 0 saturated carbocycles. The van der Waals surface area contributed by atoms with Crippen LogP contribution in [0.1, 0.15) is 37.0 Å². The van der Waals surface area contributed by atoms with E-state index >= 15 is 0 Å². The number of rotatable bonds is 6. The second-order valence-corrected chi connectivity index (χ2v) is 5.25. The standard InChI is InChI=1S/C18H20O3/c1-3-7-13(2)18(20)21-12-17(19)16-11-6-9-14-8-4-5-10-15(14)16/h4-6,8-11,13H,3,7,12H2,1-2H3. The van der Waals surface area contributed by atoms with Gasteiger partial charge >= 0.3 is 5.97 Å². The van der Waals surface area contributed by atoms with Crippen molar-refractivity contribution in [2.45, 2.75) is 26.7 Å². The van der Waals surface area contributed by atoms with Crippen LogP contribution < -0.4 is 0 Å². The summed E-state index contributed by atoms with van der Waals surface area (Å²) in [6, 6.07) is 13.3. The van der Waals surface area contributed by atoms with Crippen LogP contribution in [0.5, 0.6) is 0 Å². The van der Waals surface area contributed by atoms with Crippen molar-refractivity contribution < 1.29 is 14.3 Å². The smallest absolute Gasteiger partial charge is 0.309 e. The first kappa shape index (κ1) is 15.2. The number of benzene rings is 2. The Morgan fingerprint density at radius 1 is 1.10 bits per heavy atom. The topological polar surface area (TPSA) is 43.4 Å². The third-order valence-corrected chi connectivity index (χ3v) is 3.56. The van der Waals surface area contributed by atoms with Crippen molar-refractivity contribution >= 4 is 22.5 Å². The lowest BCUT2D eigenvalue weighted by molar-refractivity contribution is -0.146. The molecule has 0 aliphatic carbocycles. The van der Waals surface area contributed by atoms with Crippen LogP contribution in [0.25, 0.3) is 10.8 Å². The van der Waals surface area contributed by atoms with Gasteiger partial charge in [-0.15, -0.1) is 0 Å². The molecule has 1 atom stereocenters. The molecule has 0 aliphatic heterocycles. The number of hydrogen-bond donors (Lipinski definition) is 0. The quantitative estimate of drug-likeness (QED) is 0.595. The minimum Gasteiger partial charge on any atom is -0.457 e. The second kappa shape index (κ2) is 7.02. The molecule has 0 aliphatic rings. The molecule has 0 N–H and O–H groups in total. The summed E-state index contributed by atoms with van der Waals surface area (Å²) in [6.07, 6.45) is 1.70. The van der Waals surface area contributed by atoms with Crippen molar-refractivity contribution in [3.8, 4) is 0 Å². The highest BCUT2D eigenvalue weighted by molar-refractivity contribution is 6.09. The van der Waals surface area contributed by atoms with Crippen molar-refractivity contribution in [1.82, 2.24) is 0 Å². The van der Waals surface area contributed by atoms with Gasteiger partial charge in [-0.05, 0) is 17.2 Å². The Morgan fingerprint density at radius 3 is 2.57 bits per heavy atom. The van der Waals surface area contributed by atoms with E-state index in [9.17, 15) is 9.59 Å². The first-order chi connectivity index (χ1) is 10.1. The highest BCUT2D eigenvalue weighted by Crippen LogP contribution is 2.19. The molecule has 0 spiro atoms. The van der Waals surface area contributed by atoms with E-state index in [1.807, 2.05) is 50.2 Å². The van der Waals surface area contributed by atoms with Gasteiger partial charge in [0.1, 0.15) is 0 Å². The predicted octanol–water partition coefficient (Wildman–Crippen LogP) is 4.00. The normalized spacial score (nSPS) is 12.1. The van der Waals surface area contributed by atoms with E-state index in [0.717, 1.165) is 23.6 Å². The Kier molecular flexibility index (Phi) is 5.09. The van der Waals surface area contributed by atoms with E-state index < -0.39 is 0 Å². The van der Waals surface area contributed by atoms with Crippen molar-refractivity contribution in [2.75, 3.05) is 6.61 Å². The van der Waals surface area contributed by atoms with Crippen LogP contribution in [0.2, 0.25) is 0 Å². The fourth-order valence-electron chi connectivity index (χ4n) is 2.38. The van der Waals surface area contributed by atoms with Crippen LogP contribution in [-0.4, -0.2) is 18.4 Å². The summed E-state index contributed by atoms with van der Waals surface area (Å²) in [5.74, 6) is -0.621. The Labute approximate surface area is 124 Å². The average Bonchev–Trinajstić information content (AvgIpc) is 2.51. The van der Waals surface area contributed by atoms with Crippen molar-refractivity contribution in [3.63, 3.8) is 0 Å². The van der Waals surface area contributed by atoms with Gasteiger partial charge in [0.15, 0.2) is 6.61 Å². The maximum Gasteiger partial charge on any atom is 0.309 e. The average molecular weight is 284 g/mol. The fraction of sp³-hybridized carbons (Fsp3) is 0.333. The summed E-state index contributed by atoms with van der Waals surface area (Å²) in [5, 5.41) is 1.90. The van der Waals surface area contributed by atoms with E-state index in [2.05, 4.69) is 0 Å². The second-order valence-electron chi connectivity index (χ2n) is 5.25. The molecule has 0 bridgehead atoms. The summed E-state index contributed by atoms with van der Waals surface area (Å²) in [7, 11) is 0. The van der Waals surface area contributed by atoms with Crippen molar-refractivity contribution in [2.24, 2.45) is 5.92 Å². The third-order valence-electron chi connectivity index (χ3n) is 3.56. The molecule has 0 amide bonds. The summed E-state index contributed by atoms with van der Waals surface area (Å²) in [5.41, 5.74) is 0.601. The Bertz CT molecular complexity index is 640. The lowest BCUT2D eigenvalue weighted by atomic mass is 10.0. The fourth-order valence-corrected chi connectivity index (χ4v) is 2.38. The van der Waals surface area contributed by atoms with Gasteiger partial charge in [-0.2, -0.15) is 0 Å². The SMILES string of the molecule is CCCC(C)C(=O)OCC(=O)c1cccc2ccccc12. The lowest BCUT2D eigenvalue weighted by Gasteiger charge is -2.10. The van der Waals surface area contributed by atoms with Crippen LogP contribution in [0.3, 0.4) is 0 Å². The Balaban J connectivity index is 2.08. The van der Waals surface area contributed by atoms with Crippen LogP contribution in [0.4, 0.5) is 0 Å². The minimum atomic E-state index is -0.301. The summed E-state index contributed by atoms with van der Waals surface area (Å²) < 4.78 is 5.13. The van der Waals surface area contributed by atoms with Gasteiger partial charge in [-0.25, -0.2) is 0 Å². The maximum atomic E-state index is 12.3. The molecular weight excluding hydrogens is 264 g/mol. The molecule has 2 rings (SSSR count). The van der Waals surface area contributed by atoms with Gasteiger partial charge < -0.3 is 4.74 Å². The minimum absolute atomic E-state index is 0.157. The van der Waals surface area contributed by atoms with Gasteiger partial charge in [0.2, 0.25) is 5.78 Å². The van der Waals surface area contributed by atoms with Crippen LogP contribution in [-0.2, 0) is 9.53 Å². The number of ketones is 1. The molecule has 1 unspecified atom stereocenters. The first-order valence-corrected chi connectivity index (χ1v) is 7.31. The zero-order valence-corrected chi connectivity index (χ0v) is 12.5. The Morgan fingerprint density at radius 2 is 1.81 bits per heavy atom. The third kappa shape index (κ3) is 3.69. The van der Waals surface area contributed by atoms with Gasteiger partial charge in [-0.1, -0.05) is 62.7 Å². The molecule has 21 heavy (non-hydrogen) atoms. The molecule has 0 radical (unpaired) electrons. The number of carbonyl (C=O) groups is 2. The monoisotopic (exact) mass is 284 g/mol. The van der Waals surface area contributed by atoms with Crippen molar-refractivity contribution in [3.05, 3.63) is 48.0 Å². The first-order valence-electron chi connectivity index (χ1n) is 7.31. The lowest BCUT2D eigenvalue weighted by Crippen LogP contribution is -2.19. The molecule has 0 aromatic heterocycles. The van der Waals surface area contributed by atoms with E-state index in [0.29, 0.717) is 5.56 Å². The number of Topliss-reactive ketones (excluding diaryl/α,β-unsaturated/α-hetero) is 1. The van der Waals surface area contributed by atoms with Crippen LogP contribution in [0, 0.1) is 5.92 Å². The van der Waals surface area contributed by atoms with Crippen LogP contribution in [0.15, 0.2) is 42.5 Å². The Hall–Kier alpha value is -2.16. The summed E-state index contributed by atoms with van der Waals surface area (Å²) in [4.78, 5) is 24.0. The van der Waals surface area contributed by atoms with Crippen molar-refractivity contribution in [1.29, 1.82) is 0 Å². The number of hydrogen-bond acceptors (Lipinski definition) is 3. The molecule has 3 nitrogen and oxygen atoms in total. The summed E-state index contributed by atoms with van der Waals surface area (Å²) >= 11 is 0. The van der Waals surface area contributed by atoms with E-state index in [1.165, 1.54) is 0 Å². The van der Waals surface area contributed by atoms with E-state index in [4.69, 9.17) is 4.74 Å². The zero-order chi connectivity index (χ0) is 15.2.